The fraction of sp³-hybridized carbons (Fsp3) is 0.143. The summed E-state index contributed by atoms with van der Waals surface area (Å²) >= 11 is 15.5. The lowest BCUT2D eigenvalue weighted by atomic mass is 10.3. The Balaban J connectivity index is 3.02. The maximum absolute atomic E-state index is 12.6. The zero-order valence-electron chi connectivity index (χ0n) is 6.33. The van der Waals surface area contributed by atoms with Crippen LogP contribution < -0.4 is 4.74 Å². The molecule has 0 spiro atoms. The summed E-state index contributed by atoms with van der Waals surface area (Å²) in [5.41, 5.74) is 0. The molecule has 0 radical (unpaired) electrons. The second-order valence-corrected chi connectivity index (χ2v) is 4.43. The van der Waals surface area contributed by atoms with Gasteiger partial charge in [-0.2, -0.15) is 0 Å². The number of benzene rings is 1. The Morgan fingerprint density at radius 1 is 1.00 bits per heavy atom. The number of alkyl halides is 3. The van der Waals surface area contributed by atoms with Gasteiger partial charge in [0.1, 0.15) is 5.75 Å². The van der Waals surface area contributed by atoms with E-state index in [0.717, 1.165) is 0 Å². The van der Waals surface area contributed by atoms with Gasteiger partial charge in [0, 0.05) is 12.1 Å². The summed E-state index contributed by atoms with van der Waals surface area (Å²) in [6.45, 7) is 0. The Labute approximate surface area is 92.3 Å². The molecule has 0 amide bonds. The van der Waals surface area contributed by atoms with Crippen molar-refractivity contribution in [3.63, 3.8) is 0 Å². The van der Waals surface area contributed by atoms with Gasteiger partial charge in [0.05, 0.1) is 0 Å². The summed E-state index contributed by atoms with van der Waals surface area (Å²) in [6.07, 6.45) is 0. The van der Waals surface area contributed by atoms with Crippen molar-refractivity contribution in [1.29, 1.82) is 0 Å². The van der Waals surface area contributed by atoms with Crippen molar-refractivity contribution < 1.29 is 17.9 Å². The third-order valence-corrected chi connectivity index (χ3v) is 1.42. The van der Waals surface area contributed by atoms with E-state index in [1.54, 1.807) is 0 Å². The van der Waals surface area contributed by atoms with Crippen LogP contribution in [0, 0.1) is 17.5 Å². The molecule has 0 heterocycles. The summed E-state index contributed by atoms with van der Waals surface area (Å²) in [4.78, 5) is 0. The molecule has 0 aliphatic rings. The van der Waals surface area contributed by atoms with Gasteiger partial charge in [0.25, 0.3) is 0 Å². The van der Waals surface area contributed by atoms with Crippen molar-refractivity contribution in [3.05, 3.63) is 29.6 Å². The molecule has 14 heavy (non-hydrogen) atoms. The van der Waals surface area contributed by atoms with Gasteiger partial charge in [0.2, 0.25) is 0 Å². The molecular weight excluding hydrogens is 263 g/mol. The summed E-state index contributed by atoms with van der Waals surface area (Å²) in [5.74, 6) is -4.87. The molecule has 0 N–H and O–H groups in total. The minimum Gasteiger partial charge on any atom is -0.445 e. The normalized spacial score (nSPS) is 11.6. The molecule has 0 bridgehead atoms. The van der Waals surface area contributed by atoms with Gasteiger partial charge >= 0.3 is 3.98 Å². The van der Waals surface area contributed by atoms with E-state index in [0.29, 0.717) is 12.1 Å². The molecule has 0 aromatic heterocycles. The molecule has 78 valence electrons. The lowest BCUT2D eigenvalue weighted by molar-refractivity contribution is 0.313. The third kappa shape index (κ3) is 3.12. The molecule has 1 aromatic carbocycles. The Hall–Kier alpha value is -0.320. The quantitative estimate of drug-likeness (QED) is 0.554. The van der Waals surface area contributed by atoms with Gasteiger partial charge in [-0.1, -0.05) is 0 Å². The van der Waals surface area contributed by atoms with E-state index in [9.17, 15) is 13.2 Å². The first-order valence-corrected chi connectivity index (χ1v) is 4.33. The minimum atomic E-state index is -2.16. The highest BCUT2D eigenvalue weighted by Gasteiger charge is 2.23. The van der Waals surface area contributed by atoms with E-state index in [-0.39, 0.29) is 0 Å². The monoisotopic (exact) mass is 264 g/mol. The summed E-state index contributed by atoms with van der Waals surface area (Å²) in [6, 6.07) is 1.14. The van der Waals surface area contributed by atoms with Crippen LogP contribution in [0.5, 0.6) is 5.75 Å². The van der Waals surface area contributed by atoms with Crippen LogP contribution in [-0.4, -0.2) is 3.98 Å². The van der Waals surface area contributed by atoms with Gasteiger partial charge in [0.15, 0.2) is 17.5 Å². The van der Waals surface area contributed by atoms with E-state index in [4.69, 9.17) is 34.8 Å². The summed E-state index contributed by atoms with van der Waals surface area (Å²) in [5, 5.41) is 0. The zero-order chi connectivity index (χ0) is 10.9. The van der Waals surface area contributed by atoms with Crippen molar-refractivity contribution in [2.24, 2.45) is 0 Å². The van der Waals surface area contributed by atoms with Crippen LogP contribution >= 0.6 is 34.8 Å². The molecule has 0 saturated heterocycles. The topological polar surface area (TPSA) is 9.23 Å². The molecule has 0 saturated carbocycles. The van der Waals surface area contributed by atoms with E-state index in [2.05, 4.69) is 4.74 Å². The Kier molecular flexibility index (Phi) is 3.40. The molecule has 1 aromatic rings. The Morgan fingerprint density at radius 2 is 1.43 bits per heavy atom. The average molecular weight is 265 g/mol. The molecule has 0 atom stereocenters. The van der Waals surface area contributed by atoms with Crippen molar-refractivity contribution >= 4 is 34.8 Å². The highest BCUT2D eigenvalue weighted by Crippen LogP contribution is 2.31. The van der Waals surface area contributed by atoms with Crippen LogP contribution in [-0.2, 0) is 0 Å². The van der Waals surface area contributed by atoms with E-state index in [1.165, 1.54) is 0 Å². The van der Waals surface area contributed by atoms with Gasteiger partial charge in [-0.25, -0.2) is 13.2 Å². The van der Waals surface area contributed by atoms with E-state index in [1.807, 2.05) is 0 Å². The zero-order valence-corrected chi connectivity index (χ0v) is 8.60. The Bertz CT molecular complexity index is 328. The highest BCUT2D eigenvalue weighted by molar-refractivity contribution is 6.66. The first-order valence-electron chi connectivity index (χ1n) is 3.20. The van der Waals surface area contributed by atoms with Crippen molar-refractivity contribution in [3.8, 4) is 5.75 Å². The fourth-order valence-electron chi connectivity index (χ4n) is 0.725. The largest absolute Gasteiger partial charge is 0.445 e. The maximum atomic E-state index is 12.6. The van der Waals surface area contributed by atoms with Crippen LogP contribution in [0.3, 0.4) is 0 Å². The molecule has 0 aliphatic carbocycles. The maximum Gasteiger partial charge on any atom is 0.338 e. The second kappa shape index (κ2) is 4.04. The molecule has 0 unspecified atom stereocenters. The van der Waals surface area contributed by atoms with Gasteiger partial charge < -0.3 is 4.74 Å². The highest BCUT2D eigenvalue weighted by atomic mass is 35.6. The molecule has 7 heteroatoms. The number of ether oxygens (including phenoxy) is 1. The molecule has 0 fully saturated rings. The van der Waals surface area contributed by atoms with Crippen molar-refractivity contribution in [2.45, 2.75) is 3.98 Å². The Morgan fingerprint density at radius 3 is 1.79 bits per heavy atom. The van der Waals surface area contributed by atoms with Gasteiger partial charge in [-0.15, -0.1) is 0 Å². The van der Waals surface area contributed by atoms with Crippen LogP contribution in [0.2, 0.25) is 0 Å². The smallest absolute Gasteiger partial charge is 0.338 e. The molecule has 0 aliphatic heterocycles. The molecular formula is C7H2Cl3F3O. The molecule has 1 nitrogen and oxygen atoms in total. The lowest BCUT2D eigenvalue weighted by Crippen LogP contribution is -2.13. The van der Waals surface area contributed by atoms with Crippen LogP contribution in [0.1, 0.15) is 0 Å². The third-order valence-electron chi connectivity index (χ3n) is 1.19. The summed E-state index contributed by atoms with van der Waals surface area (Å²) < 4.78 is 39.9. The van der Waals surface area contributed by atoms with E-state index >= 15 is 0 Å². The van der Waals surface area contributed by atoms with Crippen molar-refractivity contribution in [1.82, 2.24) is 0 Å². The predicted octanol–water partition coefficient (Wildman–Crippen LogP) is 3.81. The SMILES string of the molecule is Fc1cc(OC(Cl)(Cl)Cl)cc(F)c1F. The minimum absolute atomic E-state index is 0.415. The predicted molar refractivity (Wildman–Crippen MR) is 47.2 cm³/mol. The fourth-order valence-corrected chi connectivity index (χ4v) is 0.992. The van der Waals surface area contributed by atoms with Crippen LogP contribution in [0.4, 0.5) is 13.2 Å². The number of hydrogen-bond acceptors (Lipinski definition) is 1. The average Bonchev–Trinajstić information content (AvgIpc) is 1.96. The lowest BCUT2D eigenvalue weighted by Gasteiger charge is -2.13. The standard InChI is InChI=1S/C7H2Cl3F3O/c8-7(9,10)14-3-1-4(11)6(13)5(12)2-3/h1-2H. The number of halogens is 6. The van der Waals surface area contributed by atoms with Crippen LogP contribution in [0.25, 0.3) is 0 Å². The van der Waals surface area contributed by atoms with E-state index < -0.39 is 27.2 Å². The first-order chi connectivity index (χ1) is 6.29. The first kappa shape index (κ1) is 11.8. The summed E-state index contributed by atoms with van der Waals surface area (Å²) in [7, 11) is 0. The second-order valence-electron chi connectivity index (χ2n) is 2.25. The molecule has 1 rings (SSSR count). The number of rotatable bonds is 1. The van der Waals surface area contributed by atoms with Crippen LogP contribution in [0.15, 0.2) is 12.1 Å². The van der Waals surface area contributed by atoms with Gasteiger partial charge in [-0.05, 0) is 34.8 Å². The van der Waals surface area contributed by atoms with Crippen molar-refractivity contribution in [2.75, 3.05) is 0 Å². The van der Waals surface area contributed by atoms with Gasteiger partial charge in [-0.3, -0.25) is 0 Å². The number of hydrogen-bond donors (Lipinski definition) is 0.